The summed E-state index contributed by atoms with van der Waals surface area (Å²) in [5.41, 5.74) is 0.884. The van der Waals surface area contributed by atoms with E-state index < -0.39 is 0 Å². The van der Waals surface area contributed by atoms with Gasteiger partial charge in [0.25, 0.3) is 5.91 Å². The Morgan fingerprint density at radius 2 is 2.00 bits per heavy atom. The van der Waals surface area contributed by atoms with E-state index in [0.717, 1.165) is 12.8 Å². The van der Waals surface area contributed by atoms with Gasteiger partial charge in [0.15, 0.2) is 11.5 Å². The van der Waals surface area contributed by atoms with Gasteiger partial charge in [-0.3, -0.25) is 4.79 Å². The Morgan fingerprint density at radius 1 is 1.14 bits per heavy atom. The molecular weight excluding hydrogens is 284 g/mol. The van der Waals surface area contributed by atoms with E-state index in [-0.39, 0.29) is 18.4 Å². The summed E-state index contributed by atoms with van der Waals surface area (Å²) in [7, 11) is 0. The van der Waals surface area contributed by atoms with Gasteiger partial charge in [-0.2, -0.15) is 0 Å². The summed E-state index contributed by atoms with van der Waals surface area (Å²) < 4.78 is 10.5. The number of hydrogen-bond donors (Lipinski definition) is 2. The number of amides is 1. The fourth-order valence-electron chi connectivity index (χ4n) is 2.13. The van der Waals surface area contributed by atoms with Crippen LogP contribution >= 0.6 is 0 Å². The zero-order valence-corrected chi connectivity index (χ0v) is 11.7. The molecule has 2 aromatic rings. The number of carbonyl (C=O) groups is 1. The lowest BCUT2D eigenvalue weighted by Gasteiger charge is -2.06. The maximum absolute atomic E-state index is 12.2. The molecule has 22 heavy (non-hydrogen) atoms. The molecule has 1 amide bonds. The Kier molecular flexibility index (Phi) is 3.03. The Balaban J connectivity index is 1.44. The summed E-state index contributed by atoms with van der Waals surface area (Å²) in [4.78, 5) is 20.5. The Morgan fingerprint density at radius 3 is 2.77 bits per heavy atom. The molecule has 2 aliphatic rings. The van der Waals surface area contributed by atoms with E-state index in [0.29, 0.717) is 29.0 Å². The normalized spacial score (nSPS) is 15.5. The van der Waals surface area contributed by atoms with Crippen LogP contribution in [0.25, 0.3) is 0 Å². The van der Waals surface area contributed by atoms with Crippen molar-refractivity contribution in [2.24, 2.45) is 0 Å². The Labute approximate surface area is 126 Å². The van der Waals surface area contributed by atoms with Crippen molar-refractivity contribution in [1.82, 2.24) is 9.97 Å². The fourth-order valence-corrected chi connectivity index (χ4v) is 2.13. The van der Waals surface area contributed by atoms with Crippen molar-refractivity contribution in [3.8, 4) is 11.5 Å². The average Bonchev–Trinajstić information content (AvgIpc) is 3.22. The number of ether oxygens (including phenoxy) is 2. The van der Waals surface area contributed by atoms with Crippen LogP contribution in [-0.4, -0.2) is 28.7 Å². The number of nitrogens with one attached hydrogen (secondary N) is 2. The third-order valence-corrected chi connectivity index (χ3v) is 3.44. The second-order valence-corrected chi connectivity index (χ2v) is 5.23. The molecule has 2 heterocycles. The molecule has 1 aliphatic carbocycles. The highest BCUT2D eigenvalue weighted by atomic mass is 16.7. The molecule has 7 heteroatoms. The van der Waals surface area contributed by atoms with Gasteiger partial charge in [-0.25, -0.2) is 9.97 Å². The summed E-state index contributed by atoms with van der Waals surface area (Å²) in [6.07, 6.45) is 5.36. The summed E-state index contributed by atoms with van der Waals surface area (Å²) in [6.45, 7) is 0.202. The van der Waals surface area contributed by atoms with Gasteiger partial charge >= 0.3 is 0 Å². The number of rotatable bonds is 4. The van der Waals surface area contributed by atoms with Crippen LogP contribution in [0.1, 0.15) is 23.3 Å². The molecule has 2 N–H and O–H groups in total. The molecule has 1 aliphatic heterocycles. The first kappa shape index (κ1) is 12.9. The summed E-state index contributed by atoms with van der Waals surface area (Å²) in [5, 5.41) is 5.99. The minimum absolute atomic E-state index is 0.202. The molecule has 1 saturated carbocycles. The number of anilines is 2. The first-order valence-electron chi connectivity index (χ1n) is 7.07. The number of aromatic nitrogens is 2. The maximum atomic E-state index is 12.2. The molecular formula is C15H14N4O3. The monoisotopic (exact) mass is 298 g/mol. The number of carbonyl (C=O) groups excluding carboxylic acids is 1. The summed E-state index contributed by atoms with van der Waals surface area (Å²) in [6, 6.07) is 5.73. The van der Waals surface area contributed by atoms with E-state index in [1.165, 1.54) is 6.20 Å². The van der Waals surface area contributed by atoms with E-state index >= 15 is 0 Å². The van der Waals surface area contributed by atoms with Crippen molar-refractivity contribution in [1.29, 1.82) is 0 Å². The van der Waals surface area contributed by atoms with Crippen LogP contribution in [0.5, 0.6) is 11.5 Å². The van der Waals surface area contributed by atoms with Crippen LogP contribution in [0, 0.1) is 0 Å². The number of hydrogen-bond acceptors (Lipinski definition) is 6. The number of nitrogens with zero attached hydrogens (tertiary/aromatic N) is 2. The van der Waals surface area contributed by atoms with Gasteiger partial charge in [0.2, 0.25) is 6.79 Å². The molecule has 0 unspecified atom stereocenters. The van der Waals surface area contributed by atoms with Crippen LogP contribution in [0.3, 0.4) is 0 Å². The first-order chi connectivity index (χ1) is 10.8. The molecule has 4 rings (SSSR count). The highest BCUT2D eigenvalue weighted by molar-refractivity contribution is 6.02. The van der Waals surface area contributed by atoms with Crippen LogP contribution in [0.4, 0.5) is 11.5 Å². The third kappa shape index (κ3) is 2.65. The molecule has 1 fully saturated rings. The SMILES string of the molecule is O=C(Nc1ccc2c(c1)OCO2)c1cnc(NC2CC2)cn1. The Hall–Kier alpha value is -2.83. The summed E-state index contributed by atoms with van der Waals surface area (Å²) in [5.74, 6) is 1.67. The molecule has 0 atom stereocenters. The van der Waals surface area contributed by atoms with Crippen LogP contribution in [-0.2, 0) is 0 Å². The van der Waals surface area contributed by atoms with Gasteiger partial charge in [-0.15, -0.1) is 0 Å². The molecule has 0 bridgehead atoms. The van der Waals surface area contributed by atoms with Gasteiger partial charge in [0.05, 0.1) is 12.4 Å². The largest absolute Gasteiger partial charge is 0.454 e. The zero-order valence-electron chi connectivity index (χ0n) is 11.7. The average molecular weight is 298 g/mol. The zero-order chi connectivity index (χ0) is 14.9. The van der Waals surface area contributed by atoms with Crippen molar-refractivity contribution in [2.45, 2.75) is 18.9 Å². The van der Waals surface area contributed by atoms with Crippen molar-refractivity contribution >= 4 is 17.4 Å². The highest BCUT2D eigenvalue weighted by Crippen LogP contribution is 2.34. The summed E-state index contributed by atoms with van der Waals surface area (Å²) >= 11 is 0. The van der Waals surface area contributed by atoms with E-state index in [2.05, 4.69) is 20.6 Å². The standard InChI is InChI=1S/C15H14N4O3/c20-15(11-6-17-14(7-16-11)18-9-1-2-9)19-10-3-4-12-13(5-10)22-8-21-12/h3-7,9H,1-2,8H2,(H,17,18)(H,19,20). The number of fused-ring (bicyclic) bond motifs is 1. The molecule has 1 aromatic heterocycles. The quantitative estimate of drug-likeness (QED) is 0.898. The van der Waals surface area contributed by atoms with E-state index in [1.807, 2.05) is 0 Å². The number of benzene rings is 1. The second-order valence-electron chi connectivity index (χ2n) is 5.23. The van der Waals surface area contributed by atoms with Crippen molar-refractivity contribution in [3.05, 3.63) is 36.3 Å². The third-order valence-electron chi connectivity index (χ3n) is 3.44. The van der Waals surface area contributed by atoms with Crippen LogP contribution in [0.15, 0.2) is 30.6 Å². The van der Waals surface area contributed by atoms with Crippen LogP contribution < -0.4 is 20.1 Å². The predicted molar refractivity (Wildman–Crippen MR) is 79.2 cm³/mol. The molecule has 112 valence electrons. The maximum Gasteiger partial charge on any atom is 0.275 e. The van der Waals surface area contributed by atoms with E-state index in [1.54, 1.807) is 24.4 Å². The van der Waals surface area contributed by atoms with Crippen LogP contribution in [0.2, 0.25) is 0 Å². The van der Waals surface area contributed by atoms with E-state index in [9.17, 15) is 4.79 Å². The van der Waals surface area contributed by atoms with Gasteiger partial charge in [0, 0.05) is 17.8 Å². The molecule has 0 saturated heterocycles. The lowest BCUT2D eigenvalue weighted by atomic mass is 10.2. The van der Waals surface area contributed by atoms with Gasteiger partial charge in [-0.05, 0) is 25.0 Å². The minimum atomic E-state index is -0.315. The molecule has 0 spiro atoms. The van der Waals surface area contributed by atoms with E-state index in [4.69, 9.17) is 9.47 Å². The molecule has 0 radical (unpaired) electrons. The predicted octanol–water partition coefficient (Wildman–Crippen LogP) is 2.03. The topological polar surface area (TPSA) is 85.4 Å². The fraction of sp³-hybridized carbons (Fsp3) is 0.267. The lowest BCUT2D eigenvalue weighted by molar-refractivity contribution is 0.102. The second kappa shape index (κ2) is 5.18. The minimum Gasteiger partial charge on any atom is -0.454 e. The first-order valence-corrected chi connectivity index (χ1v) is 7.07. The van der Waals surface area contributed by atoms with Gasteiger partial charge in [-0.1, -0.05) is 0 Å². The Bertz CT molecular complexity index is 713. The van der Waals surface area contributed by atoms with Crippen molar-refractivity contribution < 1.29 is 14.3 Å². The highest BCUT2D eigenvalue weighted by Gasteiger charge is 2.21. The lowest BCUT2D eigenvalue weighted by Crippen LogP contribution is -2.14. The molecule has 1 aromatic carbocycles. The van der Waals surface area contributed by atoms with Crippen molar-refractivity contribution in [2.75, 3.05) is 17.4 Å². The smallest absolute Gasteiger partial charge is 0.275 e. The molecule has 7 nitrogen and oxygen atoms in total. The van der Waals surface area contributed by atoms with Crippen molar-refractivity contribution in [3.63, 3.8) is 0 Å². The van der Waals surface area contributed by atoms with Gasteiger partial charge in [0.1, 0.15) is 11.5 Å². The van der Waals surface area contributed by atoms with Gasteiger partial charge < -0.3 is 20.1 Å².